The number of nitro groups is 1. The number of nitrogens with one attached hydrogen (secondary N) is 4. The van der Waals surface area contributed by atoms with Crippen molar-refractivity contribution in [2.75, 3.05) is 21.2 Å². The molecule has 3 heterocycles. The van der Waals surface area contributed by atoms with Crippen LogP contribution in [0.5, 0.6) is 0 Å². The maximum Gasteiger partial charge on any atom is 0.269 e. The monoisotopic (exact) mass is 1020 g/mol. The predicted octanol–water partition coefficient (Wildman–Crippen LogP) is 5.15. The van der Waals surface area contributed by atoms with Crippen molar-refractivity contribution in [2.24, 2.45) is 17.8 Å². The molecule has 0 radical (unpaired) electrons. The zero-order valence-corrected chi connectivity index (χ0v) is 45.0. The Morgan fingerprint density at radius 3 is 2.01 bits per heavy atom. The van der Waals surface area contributed by atoms with E-state index in [-0.39, 0.29) is 56.0 Å². The van der Waals surface area contributed by atoms with E-state index in [0.29, 0.717) is 11.1 Å². The van der Waals surface area contributed by atoms with E-state index >= 15 is 4.79 Å². The summed E-state index contributed by atoms with van der Waals surface area (Å²) in [5.74, 6) is -5.51. The van der Waals surface area contributed by atoms with Gasteiger partial charge in [-0.05, 0) is 82.4 Å². The Kier molecular flexibility index (Phi) is 19.5. The van der Waals surface area contributed by atoms with Gasteiger partial charge in [-0.2, -0.15) is 0 Å². The average Bonchev–Trinajstić information content (AvgIpc) is 3.73. The van der Waals surface area contributed by atoms with Crippen LogP contribution in [0, 0.1) is 27.9 Å². The molecule has 0 saturated carbocycles. The van der Waals surface area contributed by atoms with Crippen LogP contribution in [0.2, 0.25) is 0 Å². The maximum atomic E-state index is 15.4. The standard InChI is InChI=1S/C55H77N9O10/c1-14-16-23-40-47(65)59-42(30-37-31-62(55(9,10)15-2)43-24-18-17-22-39(37)43)52(70)60(11)44(25-32(3)4)49(67)58-41(29-36-20-19-21-38(28-36)64(72)73)48(66)56-35(8)51(69)61(12)46-27-34(7)54(74-13)63(53(46)71)45(26-33(5)6)50(68)57-40/h14-22,24,28,31-35,40-42,44-46,54H,2,23,25-27,29-30H2,1,3-13H3,(H,56,66)(H,57,68)(H,58,67)(H,59,65)/b16-14+/t34-,35-,40-,41-,42-,44-,45-,46-,54+/m0/s1. The van der Waals surface area contributed by atoms with Crippen molar-refractivity contribution in [1.29, 1.82) is 0 Å². The summed E-state index contributed by atoms with van der Waals surface area (Å²) < 4.78 is 7.97. The number of ether oxygens (including phenoxy) is 1. The Morgan fingerprint density at radius 1 is 0.784 bits per heavy atom. The number of piperidine rings is 1. The Hall–Kier alpha value is -6.89. The summed E-state index contributed by atoms with van der Waals surface area (Å²) in [5.41, 5.74) is 1.06. The van der Waals surface area contributed by atoms with Gasteiger partial charge < -0.3 is 45.3 Å². The first-order valence-corrected chi connectivity index (χ1v) is 25.5. The van der Waals surface area contributed by atoms with E-state index in [4.69, 9.17) is 4.74 Å². The first kappa shape index (κ1) is 58.0. The lowest BCUT2D eigenvalue weighted by atomic mass is 9.88. The van der Waals surface area contributed by atoms with E-state index in [1.54, 1.807) is 31.2 Å². The summed E-state index contributed by atoms with van der Waals surface area (Å²) in [5, 5.41) is 24.1. The van der Waals surface area contributed by atoms with E-state index in [9.17, 15) is 38.9 Å². The van der Waals surface area contributed by atoms with Gasteiger partial charge in [-0.15, -0.1) is 6.58 Å². The molecule has 2 bridgehead atoms. The van der Waals surface area contributed by atoms with Gasteiger partial charge in [-0.3, -0.25) is 43.7 Å². The highest BCUT2D eigenvalue weighted by molar-refractivity contribution is 5.99. The van der Waals surface area contributed by atoms with E-state index in [0.717, 1.165) is 10.9 Å². The van der Waals surface area contributed by atoms with Gasteiger partial charge in [-0.25, -0.2) is 0 Å². The molecule has 7 amide bonds. The molecule has 1 aromatic heterocycles. The maximum absolute atomic E-state index is 15.4. The lowest BCUT2D eigenvalue weighted by Crippen LogP contribution is -2.66. The molecule has 2 aliphatic heterocycles. The second-order valence-electron chi connectivity index (χ2n) is 21.2. The van der Waals surface area contributed by atoms with Crippen LogP contribution < -0.4 is 21.3 Å². The molecule has 74 heavy (non-hydrogen) atoms. The summed E-state index contributed by atoms with van der Waals surface area (Å²) in [6.07, 6.45) is 6.37. The van der Waals surface area contributed by atoms with Gasteiger partial charge in [0.1, 0.15) is 48.5 Å². The zero-order valence-electron chi connectivity index (χ0n) is 45.0. The van der Waals surface area contributed by atoms with Crippen molar-refractivity contribution < 1.29 is 43.2 Å². The topological polar surface area (TPSA) is 235 Å². The number of likely N-dealkylation sites (N-methyl/N-ethyl adjacent to an activating group) is 2. The molecule has 19 heteroatoms. The average molecular weight is 1020 g/mol. The van der Waals surface area contributed by atoms with Crippen LogP contribution in [-0.4, -0.2) is 135 Å². The summed E-state index contributed by atoms with van der Waals surface area (Å²) in [6.45, 7) is 20.6. The smallest absolute Gasteiger partial charge is 0.269 e. The normalized spacial score (nSPS) is 25.5. The fourth-order valence-electron chi connectivity index (χ4n) is 10.0. The highest BCUT2D eigenvalue weighted by atomic mass is 16.6. The van der Waals surface area contributed by atoms with Crippen molar-refractivity contribution in [1.82, 2.24) is 40.5 Å². The molecule has 0 aliphatic carbocycles. The first-order valence-electron chi connectivity index (χ1n) is 25.5. The number of carbonyl (C=O) groups is 7. The second kappa shape index (κ2) is 24.9. The third-order valence-electron chi connectivity index (χ3n) is 14.2. The quantitative estimate of drug-likeness (QED) is 0.0942. The number of non-ortho nitro benzene ring substituents is 1. The summed E-state index contributed by atoms with van der Waals surface area (Å²) >= 11 is 0. The van der Waals surface area contributed by atoms with Gasteiger partial charge in [0.2, 0.25) is 41.4 Å². The van der Waals surface area contributed by atoms with Crippen LogP contribution in [0.15, 0.2) is 79.5 Å². The minimum absolute atomic E-state index is 0.00717. The lowest BCUT2D eigenvalue weighted by Gasteiger charge is -2.48. The minimum Gasteiger partial charge on any atom is -0.361 e. The zero-order chi connectivity index (χ0) is 54.9. The van der Waals surface area contributed by atoms with Gasteiger partial charge in [0.05, 0.1) is 10.5 Å². The van der Waals surface area contributed by atoms with E-state index in [1.807, 2.05) is 83.5 Å². The lowest BCUT2D eigenvalue weighted by molar-refractivity contribution is -0.384. The molecule has 3 aromatic rings. The van der Waals surface area contributed by atoms with Gasteiger partial charge in [0, 0.05) is 69.2 Å². The molecular weight excluding hydrogens is 947 g/mol. The van der Waals surface area contributed by atoms with Crippen molar-refractivity contribution in [2.45, 2.75) is 155 Å². The van der Waals surface area contributed by atoms with E-state index < -0.39 is 106 Å². The summed E-state index contributed by atoms with van der Waals surface area (Å²) in [6, 6.07) is 4.45. The van der Waals surface area contributed by atoms with E-state index in [1.165, 1.54) is 61.0 Å². The number of hydrogen-bond acceptors (Lipinski definition) is 10. The third-order valence-corrected chi connectivity index (χ3v) is 14.2. The Morgan fingerprint density at radius 2 is 1.39 bits per heavy atom. The van der Waals surface area contributed by atoms with Crippen LogP contribution in [0.1, 0.15) is 99.1 Å². The fraction of sp³-hybridized carbons (Fsp3) is 0.545. The molecule has 9 atom stereocenters. The summed E-state index contributed by atoms with van der Waals surface area (Å²) in [4.78, 5) is 119. The number of allylic oxidation sites excluding steroid dienone is 2. The fourth-order valence-corrected chi connectivity index (χ4v) is 10.0. The number of nitro benzene ring substituents is 1. The highest BCUT2D eigenvalue weighted by Crippen LogP contribution is 2.33. The van der Waals surface area contributed by atoms with Crippen LogP contribution in [0.4, 0.5) is 5.69 Å². The first-order chi connectivity index (χ1) is 34.8. The summed E-state index contributed by atoms with van der Waals surface area (Å²) in [7, 11) is 4.33. The van der Waals surface area contributed by atoms with Gasteiger partial charge >= 0.3 is 0 Å². The predicted molar refractivity (Wildman–Crippen MR) is 282 cm³/mol. The number of carbonyl (C=O) groups excluding carboxylic acids is 7. The molecule has 19 nitrogen and oxygen atoms in total. The Labute approximate surface area is 435 Å². The minimum atomic E-state index is -1.43. The van der Waals surface area contributed by atoms with E-state index in [2.05, 4.69) is 27.8 Å². The van der Waals surface area contributed by atoms with Crippen molar-refractivity contribution in [3.05, 3.63) is 101 Å². The highest BCUT2D eigenvalue weighted by Gasteiger charge is 2.49. The Bertz CT molecular complexity index is 2610. The molecule has 2 aliphatic rings. The van der Waals surface area contributed by atoms with Crippen LogP contribution in [0.3, 0.4) is 0 Å². The second-order valence-corrected chi connectivity index (χ2v) is 21.2. The molecule has 2 aromatic carbocycles. The molecule has 402 valence electrons. The van der Waals surface area contributed by atoms with Crippen LogP contribution in [0.25, 0.3) is 10.9 Å². The number of hydrogen-bond donors (Lipinski definition) is 4. The number of amides is 7. The largest absolute Gasteiger partial charge is 0.361 e. The van der Waals surface area contributed by atoms with Gasteiger partial charge in [-0.1, -0.05) is 83.2 Å². The number of rotatable bonds is 14. The van der Waals surface area contributed by atoms with Crippen molar-refractivity contribution >= 4 is 57.9 Å². The van der Waals surface area contributed by atoms with Crippen molar-refractivity contribution in [3.8, 4) is 0 Å². The Balaban J connectivity index is 1.72. The number of nitrogens with zero attached hydrogens (tertiary/aromatic N) is 5. The third kappa shape index (κ3) is 13.4. The van der Waals surface area contributed by atoms with Crippen molar-refractivity contribution in [3.63, 3.8) is 0 Å². The van der Waals surface area contributed by atoms with Crippen LogP contribution in [-0.2, 0) is 56.7 Å². The molecular formula is C55H77N9O10. The molecule has 0 spiro atoms. The SMILES string of the molecule is C=CC(C)(C)n1cc(C[C@@H]2NC(=O)[C@H](C/C=C/C)NC(=O)[C@H](CC(C)C)N3C(=O)[C@H](C[C@H](C)[C@H]3OC)N(C)C(=O)[C@H](C)NC(=O)[C@H](Cc3cccc([N+](=O)[O-])c3)NC(=O)[C@H](CC(C)C)N(C)C2=O)c2ccccc21. The number of aromatic nitrogens is 1. The molecule has 2 saturated heterocycles. The number of benzene rings is 2. The molecule has 4 N–H and O–H groups in total. The van der Waals surface area contributed by atoms with Gasteiger partial charge in [0.15, 0.2) is 0 Å². The molecule has 2 fully saturated rings. The molecule has 0 unspecified atom stereocenters. The molecule has 5 rings (SSSR count). The van der Waals surface area contributed by atoms with Gasteiger partial charge in [0.25, 0.3) is 5.69 Å². The number of fused-ring (bicyclic) bond motifs is 3. The number of methoxy groups -OCH3 is 1. The van der Waals surface area contributed by atoms with Crippen LogP contribution >= 0.6 is 0 Å². The number of para-hydroxylation sites is 1.